The van der Waals surface area contributed by atoms with Gasteiger partial charge in [-0.05, 0) is 170 Å². The molecule has 0 atom stereocenters. The molecule has 2 aliphatic heterocycles. The monoisotopic (exact) mass is 1410 g/mol. The van der Waals surface area contributed by atoms with Crippen molar-refractivity contribution < 1.29 is 23.3 Å². The molecular formula is C102H86BN3Si. The molecule has 516 valence electrons. The molecule has 0 fully saturated rings. The number of benzene rings is 15. The molecule has 0 amide bonds. The Bertz CT molecular complexity index is 6830. The van der Waals surface area contributed by atoms with Crippen LogP contribution in [0.4, 0.5) is 34.1 Å². The highest BCUT2D eigenvalue weighted by Gasteiger charge is 2.47. The number of para-hydroxylation sites is 2. The second-order valence-electron chi connectivity index (χ2n) is 31.1. The zero-order valence-corrected chi connectivity index (χ0v) is 62.2. The summed E-state index contributed by atoms with van der Waals surface area (Å²) in [6.07, 6.45) is 0. The highest BCUT2D eigenvalue weighted by Crippen LogP contribution is 2.56. The van der Waals surface area contributed by atoms with E-state index in [1.54, 1.807) is 6.07 Å². The number of rotatable bonds is 12. The number of aromatic nitrogens is 1. The Balaban J connectivity index is 1.10. The van der Waals surface area contributed by atoms with Crippen LogP contribution < -0.4 is 46.9 Å². The third-order valence-corrected chi connectivity index (χ3v) is 26.0. The predicted molar refractivity (Wildman–Crippen MR) is 462 cm³/mol. The molecule has 0 bridgehead atoms. The third-order valence-electron chi connectivity index (χ3n) is 21.4. The summed E-state index contributed by atoms with van der Waals surface area (Å²) in [7, 11) is -4.00. The molecule has 0 saturated heterocycles. The van der Waals surface area contributed by atoms with Gasteiger partial charge in [-0.1, -0.05) is 353 Å². The molecule has 3 heterocycles. The van der Waals surface area contributed by atoms with Gasteiger partial charge in [0.1, 0.15) is 0 Å². The van der Waals surface area contributed by atoms with Gasteiger partial charge in [-0.25, -0.2) is 0 Å². The van der Waals surface area contributed by atoms with Crippen molar-refractivity contribution in [3.63, 3.8) is 0 Å². The Hall–Kier alpha value is -12.0. The maximum absolute atomic E-state index is 11.8. The molecule has 0 saturated carbocycles. The molecule has 16 aromatic rings. The zero-order chi connectivity index (χ0) is 87.7. The topological polar surface area (TPSA) is 11.4 Å². The first-order chi connectivity index (χ1) is 59.1. The van der Waals surface area contributed by atoms with Crippen molar-refractivity contribution in [1.82, 2.24) is 4.57 Å². The van der Waals surface area contributed by atoms with Crippen LogP contribution in [0.25, 0.3) is 83.1 Å². The Kier molecular flexibility index (Phi) is 12.4. The van der Waals surface area contributed by atoms with Crippen LogP contribution in [-0.4, -0.2) is 19.4 Å². The minimum absolute atomic E-state index is 0.00397. The van der Waals surface area contributed by atoms with Gasteiger partial charge >= 0.3 is 0 Å². The maximum Gasteiger partial charge on any atom is 0.252 e. The molecule has 0 N–H and O–H groups in total. The molecule has 107 heavy (non-hydrogen) atoms. The van der Waals surface area contributed by atoms with Gasteiger partial charge in [0.15, 0.2) is 8.07 Å². The summed E-state index contributed by atoms with van der Waals surface area (Å²) in [4.78, 5) is 4.13. The smallest absolute Gasteiger partial charge is 0.252 e. The minimum Gasteiger partial charge on any atom is -0.310 e. The zero-order valence-electron chi connectivity index (χ0n) is 78.2. The first-order valence-electron chi connectivity index (χ1n) is 45.0. The summed E-state index contributed by atoms with van der Waals surface area (Å²) in [5.74, 6) is 0. The molecule has 0 radical (unpaired) electrons. The molecule has 0 aliphatic carbocycles. The van der Waals surface area contributed by atoms with Gasteiger partial charge in [0, 0.05) is 61.5 Å². The van der Waals surface area contributed by atoms with Gasteiger partial charge in [0.05, 0.1) is 45.7 Å². The number of hydrogen-bond acceptors (Lipinski definition) is 2. The van der Waals surface area contributed by atoms with Gasteiger partial charge in [0.25, 0.3) is 6.71 Å². The highest BCUT2D eigenvalue weighted by atomic mass is 28.3. The van der Waals surface area contributed by atoms with Crippen LogP contribution in [-0.2, 0) is 16.2 Å². The fourth-order valence-corrected chi connectivity index (χ4v) is 20.5. The lowest BCUT2D eigenvalue weighted by atomic mass is 9.33. The van der Waals surface area contributed by atoms with E-state index in [1.807, 2.05) is 193 Å². The molecule has 15 aromatic carbocycles. The van der Waals surface area contributed by atoms with Crippen LogP contribution in [0.2, 0.25) is 0 Å². The second-order valence-corrected chi connectivity index (χ2v) is 34.8. The standard InChI is InChI=1S/C102H86BN3Si/c1-100(2,3)75-62-85(69-36-17-10-18-37-69)98(86(63-75)70-38-19-11-20-39-70)105-93-61-74(73-44-35-51-82(60-73)107(79-45-25-14-26-46-79,80-47-27-15-28-48-80)81-49-29-16-30-50-81)56-58-89(93)103-90-59-57-78(104-91-54-33-31-52-83(91)84-53-32-34-55-92(84)104)68-94(90)106(96-67-77(102(7,8)9)66-95(105)97(96)103)99-87(71-40-21-12-22-41-71)64-76(101(4,5)6)65-88(99)72-42-23-13-24-43-72/h10-68H,1-9H3/i31D,32D,33D,34D,35D,44D,51D,52D,53D,54D,55D,56D,57D,58D,59D,60D,68D. The van der Waals surface area contributed by atoms with Gasteiger partial charge < -0.3 is 14.4 Å². The average Bonchev–Trinajstić information content (AvgIpc) is 0.821. The van der Waals surface area contributed by atoms with Gasteiger partial charge in [-0.15, -0.1) is 0 Å². The van der Waals surface area contributed by atoms with Crippen molar-refractivity contribution in [2.45, 2.75) is 78.6 Å². The summed E-state index contributed by atoms with van der Waals surface area (Å²) in [6.45, 7) is 17.8. The number of anilines is 6. The molecule has 18 rings (SSSR count). The Morgan fingerprint density at radius 3 is 1.07 bits per heavy atom. The van der Waals surface area contributed by atoms with Crippen LogP contribution >= 0.6 is 0 Å². The van der Waals surface area contributed by atoms with E-state index in [-0.39, 0.29) is 72.5 Å². The maximum atomic E-state index is 11.8. The normalized spacial score (nSPS) is 15.1. The van der Waals surface area contributed by atoms with E-state index in [2.05, 4.69) is 128 Å². The van der Waals surface area contributed by atoms with E-state index in [1.165, 1.54) is 0 Å². The number of hydrogen-bond donors (Lipinski definition) is 0. The number of fused-ring (bicyclic) bond motifs is 7. The van der Waals surface area contributed by atoms with Crippen LogP contribution in [0.15, 0.2) is 358 Å². The van der Waals surface area contributed by atoms with E-state index < -0.39 is 127 Å². The van der Waals surface area contributed by atoms with Crippen molar-refractivity contribution in [2.24, 2.45) is 0 Å². The minimum atomic E-state index is -4.00. The Morgan fingerprint density at radius 2 is 0.664 bits per heavy atom. The fraction of sp³-hybridized carbons (Fsp3) is 0.118. The van der Waals surface area contributed by atoms with Gasteiger partial charge in [-0.2, -0.15) is 0 Å². The fourth-order valence-electron chi connectivity index (χ4n) is 16.0. The molecular weight excluding hydrogens is 1310 g/mol. The summed E-state index contributed by atoms with van der Waals surface area (Å²) in [5, 5.41) is 1.95. The summed E-state index contributed by atoms with van der Waals surface area (Å²) < 4.78 is 177. The van der Waals surface area contributed by atoms with Crippen LogP contribution in [0, 0.1) is 0 Å². The lowest BCUT2D eigenvalue weighted by Crippen LogP contribution is -2.74. The van der Waals surface area contributed by atoms with E-state index >= 15 is 0 Å². The first-order valence-corrected chi connectivity index (χ1v) is 38.5. The lowest BCUT2D eigenvalue weighted by molar-refractivity contribution is 0.590. The summed E-state index contributed by atoms with van der Waals surface area (Å²) in [6, 6.07) is 73.9. The molecule has 5 heteroatoms. The largest absolute Gasteiger partial charge is 0.310 e. The highest BCUT2D eigenvalue weighted by molar-refractivity contribution is 7.20. The quantitative estimate of drug-likeness (QED) is 0.0892. The van der Waals surface area contributed by atoms with Crippen molar-refractivity contribution in [2.75, 3.05) is 9.80 Å². The van der Waals surface area contributed by atoms with E-state index in [4.69, 9.17) is 2.74 Å². The van der Waals surface area contributed by atoms with Gasteiger partial charge in [-0.3, -0.25) is 0 Å². The molecule has 2 aliphatic rings. The SMILES string of the molecule is [2H]c1c(-c2c([2H])c([2H])c([2H])c([Si](c3ccccc3)(c3ccccc3)c3ccccc3)c2[2H])cc2c(c1[2H])B1c3c(cc(C(C)(C)C)cc3N(c3c(-c4ccccc4)cc(C(C)(C)C)cc3-c3ccccc3)c3c([2H])c(-n4c5c([2H])c([2H])c([2H])c([2H])c5c5c([2H])c([2H])c([2H])c([2H])c54)c([2H])c([2H])c31)N2c1c(-c2ccccc2)cc(C(C)(C)C)cc1-c1ccccc1. The van der Waals surface area contributed by atoms with Crippen molar-refractivity contribution >= 4 is 108 Å². The summed E-state index contributed by atoms with van der Waals surface area (Å²) in [5.41, 5.74) is 8.14. The van der Waals surface area contributed by atoms with E-state index in [0.717, 1.165) is 70.2 Å². The number of nitrogens with zero attached hydrogens (tertiary/aromatic N) is 3. The Labute approximate surface area is 656 Å². The van der Waals surface area contributed by atoms with E-state index in [0.29, 0.717) is 39.3 Å². The van der Waals surface area contributed by atoms with Crippen LogP contribution in [0.3, 0.4) is 0 Å². The van der Waals surface area contributed by atoms with Crippen LogP contribution in [0.1, 0.15) is 102 Å². The average molecular weight is 1410 g/mol. The first kappa shape index (κ1) is 50.4. The Morgan fingerprint density at radius 1 is 0.299 bits per heavy atom. The van der Waals surface area contributed by atoms with Gasteiger partial charge in [0.2, 0.25) is 0 Å². The van der Waals surface area contributed by atoms with E-state index in [9.17, 15) is 20.6 Å². The van der Waals surface area contributed by atoms with Crippen molar-refractivity contribution in [1.29, 1.82) is 0 Å². The van der Waals surface area contributed by atoms with Crippen molar-refractivity contribution in [3.8, 4) is 61.3 Å². The molecule has 1 aromatic heterocycles. The van der Waals surface area contributed by atoms with Crippen molar-refractivity contribution in [3.05, 3.63) is 374 Å². The van der Waals surface area contributed by atoms with Crippen LogP contribution in [0.5, 0.6) is 0 Å². The second kappa shape index (κ2) is 26.2. The third kappa shape index (κ3) is 11.4. The summed E-state index contributed by atoms with van der Waals surface area (Å²) >= 11 is 0. The predicted octanol–water partition coefficient (Wildman–Crippen LogP) is 22.5. The molecule has 3 nitrogen and oxygen atoms in total. The molecule has 0 spiro atoms. The molecule has 0 unspecified atom stereocenters. The lowest BCUT2D eigenvalue weighted by Gasteiger charge is -2.47.